The van der Waals surface area contributed by atoms with Crippen molar-refractivity contribution in [2.24, 2.45) is 0 Å². The van der Waals surface area contributed by atoms with E-state index in [2.05, 4.69) is 15.4 Å². The minimum Gasteiger partial charge on any atom is -0.387 e. The third kappa shape index (κ3) is 8.36. The quantitative estimate of drug-likeness (QED) is 0.667. The normalized spacial score (nSPS) is 14.2. The van der Waals surface area contributed by atoms with E-state index in [4.69, 9.17) is 0 Å². The fourth-order valence-corrected chi connectivity index (χ4v) is 1.69. The first-order chi connectivity index (χ1) is 10.7. The molecule has 1 aromatic rings. The number of alkyl halides is 3. The van der Waals surface area contributed by atoms with Gasteiger partial charge in [-0.3, -0.25) is 0 Å². The van der Waals surface area contributed by atoms with E-state index >= 15 is 0 Å². The fourth-order valence-electron chi connectivity index (χ4n) is 1.69. The molecule has 0 heterocycles. The highest BCUT2D eigenvalue weighted by Crippen LogP contribution is 2.14. The summed E-state index contributed by atoms with van der Waals surface area (Å²) in [4.78, 5) is 11.5. The lowest BCUT2D eigenvalue weighted by Crippen LogP contribution is -2.44. The molecule has 3 N–H and O–H groups in total. The number of urea groups is 1. The van der Waals surface area contributed by atoms with Crippen molar-refractivity contribution in [3.8, 4) is 0 Å². The SMILES string of the molecule is C[C@@H](COCC(F)(F)F)NC(=O)NC[C@@H](O)c1cccc(F)c1. The van der Waals surface area contributed by atoms with Crippen molar-refractivity contribution in [3.05, 3.63) is 35.6 Å². The summed E-state index contributed by atoms with van der Waals surface area (Å²) in [5.41, 5.74) is 0.298. The van der Waals surface area contributed by atoms with Crippen molar-refractivity contribution in [2.75, 3.05) is 19.8 Å². The molecule has 0 radical (unpaired) electrons. The molecule has 0 saturated heterocycles. The van der Waals surface area contributed by atoms with E-state index in [9.17, 15) is 27.5 Å². The number of carbonyl (C=O) groups is 1. The molecule has 2 amide bonds. The van der Waals surface area contributed by atoms with Gasteiger partial charge < -0.3 is 20.5 Å². The number of amides is 2. The number of nitrogens with one attached hydrogen (secondary N) is 2. The van der Waals surface area contributed by atoms with E-state index in [1.807, 2.05) is 0 Å². The molecular formula is C14H18F4N2O3. The van der Waals surface area contributed by atoms with Gasteiger partial charge >= 0.3 is 12.2 Å². The molecule has 0 aliphatic carbocycles. The number of aliphatic hydroxyl groups is 1. The summed E-state index contributed by atoms with van der Waals surface area (Å²) in [5.74, 6) is -0.513. The van der Waals surface area contributed by atoms with Gasteiger partial charge in [-0.15, -0.1) is 0 Å². The first-order valence-electron chi connectivity index (χ1n) is 6.80. The summed E-state index contributed by atoms with van der Waals surface area (Å²) in [5, 5.41) is 14.5. The minimum absolute atomic E-state index is 0.175. The van der Waals surface area contributed by atoms with E-state index < -0.39 is 36.8 Å². The van der Waals surface area contributed by atoms with Crippen LogP contribution in [0.5, 0.6) is 0 Å². The van der Waals surface area contributed by atoms with Gasteiger partial charge in [0.15, 0.2) is 0 Å². The number of ether oxygens (including phenoxy) is 1. The van der Waals surface area contributed by atoms with Gasteiger partial charge in [-0.05, 0) is 24.6 Å². The minimum atomic E-state index is -4.42. The zero-order valence-corrected chi connectivity index (χ0v) is 12.4. The molecule has 0 spiro atoms. The van der Waals surface area contributed by atoms with Crippen LogP contribution < -0.4 is 10.6 Å². The Labute approximate surface area is 130 Å². The van der Waals surface area contributed by atoms with Crippen molar-refractivity contribution >= 4 is 6.03 Å². The summed E-state index contributed by atoms with van der Waals surface area (Å²) in [7, 11) is 0. The zero-order valence-electron chi connectivity index (χ0n) is 12.4. The third-order valence-electron chi connectivity index (χ3n) is 2.70. The molecule has 0 saturated carbocycles. The van der Waals surface area contributed by atoms with E-state index in [0.29, 0.717) is 5.56 Å². The van der Waals surface area contributed by atoms with Crippen molar-refractivity contribution in [1.82, 2.24) is 10.6 Å². The molecule has 5 nitrogen and oxygen atoms in total. The van der Waals surface area contributed by atoms with Crippen LogP contribution in [0.1, 0.15) is 18.6 Å². The number of hydrogen-bond donors (Lipinski definition) is 3. The van der Waals surface area contributed by atoms with Crippen LogP contribution in [0, 0.1) is 5.82 Å². The van der Waals surface area contributed by atoms with Crippen LogP contribution in [-0.4, -0.2) is 43.1 Å². The average Bonchev–Trinajstić information content (AvgIpc) is 2.43. The maximum Gasteiger partial charge on any atom is 0.411 e. The van der Waals surface area contributed by atoms with Crippen LogP contribution >= 0.6 is 0 Å². The summed E-state index contributed by atoms with van der Waals surface area (Å²) >= 11 is 0. The second-order valence-corrected chi connectivity index (χ2v) is 4.96. The van der Waals surface area contributed by atoms with E-state index in [0.717, 1.165) is 6.07 Å². The van der Waals surface area contributed by atoms with Crippen LogP contribution in [0.4, 0.5) is 22.4 Å². The van der Waals surface area contributed by atoms with E-state index in [1.54, 1.807) is 0 Å². The molecule has 0 unspecified atom stereocenters. The molecule has 9 heteroatoms. The molecule has 130 valence electrons. The smallest absolute Gasteiger partial charge is 0.387 e. The Balaban J connectivity index is 2.28. The number of rotatable bonds is 7. The van der Waals surface area contributed by atoms with Gasteiger partial charge in [0.05, 0.1) is 18.8 Å². The van der Waals surface area contributed by atoms with E-state index in [1.165, 1.54) is 25.1 Å². The predicted octanol–water partition coefficient (Wildman–Crippen LogP) is 2.13. The molecule has 1 aromatic carbocycles. The highest BCUT2D eigenvalue weighted by atomic mass is 19.4. The van der Waals surface area contributed by atoms with Gasteiger partial charge in [0.2, 0.25) is 0 Å². The molecular weight excluding hydrogens is 320 g/mol. The number of hydrogen-bond acceptors (Lipinski definition) is 3. The molecule has 0 aliphatic heterocycles. The average molecular weight is 338 g/mol. The lowest BCUT2D eigenvalue weighted by Gasteiger charge is -2.17. The Hall–Kier alpha value is -1.87. The highest BCUT2D eigenvalue weighted by molar-refractivity contribution is 5.74. The molecule has 0 aromatic heterocycles. The summed E-state index contributed by atoms with van der Waals surface area (Å²) < 4.78 is 53.1. The Morgan fingerprint density at radius 2 is 2.09 bits per heavy atom. The molecule has 23 heavy (non-hydrogen) atoms. The van der Waals surface area contributed by atoms with Gasteiger partial charge in [0, 0.05) is 6.54 Å². The first-order valence-corrected chi connectivity index (χ1v) is 6.80. The molecule has 0 bridgehead atoms. The Morgan fingerprint density at radius 1 is 1.39 bits per heavy atom. The van der Waals surface area contributed by atoms with Gasteiger partial charge in [-0.25, -0.2) is 9.18 Å². The van der Waals surface area contributed by atoms with E-state index in [-0.39, 0.29) is 13.2 Å². The summed E-state index contributed by atoms with van der Waals surface area (Å²) in [6.07, 6.45) is -5.52. The lowest BCUT2D eigenvalue weighted by molar-refractivity contribution is -0.174. The largest absolute Gasteiger partial charge is 0.411 e. The van der Waals surface area contributed by atoms with Crippen LogP contribution in [-0.2, 0) is 4.74 Å². The van der Waals surface area contributed by atoms with Crippen LogP contribution in [0.15, 0.2) is 24.3 Å². The Kier molecular flexibility index (Phi) is 7.24. The van der Waals surface area contributed by atoms with Crippen LogP contribution in [0.25, 0.3) is 0 Å². The van der Waals surface area contributed by atoms with Crippen LogP contribution in [0.2, 0.25) is 0 Å². The number of carbonyl (C=O) groups excluding carboxylic acids is 1. The standard InChI is InChI=1S/C14H18F4N2O3/c1-9(7-23-8-14(16,17)18)20-13(22)19-6-12(21)10-3-2-4-11(15)5-10/h2-5,9,12,21H,6-8H2,1H3,(H2,19,20,22)/t9-,12+/m0/s1. The Morgan fingerprint density at radius 3 is 2.70 bits per heavy atom. The maximum atomic E-state index is 13.0. The van der Waals surface area contributed by atoms with Gasteiger partial charge in [0.25, 0.3) is 0 Å². The van der Waals surface area contributed by atoms with Gasteiger partial charge in [0.1, 0.15) is 12.4 Å². The predicted molar refractivity (Wildman–Crippen MR) is 74.2 cm³/mol. The molecule has 0 fully saturated rings. The molecule has 1 rings (SSSR count). The second kappa shape index (κ2) is 8.68. The number of aliphatic hydroxyl groups excluding tert-OH is 1. The molecule has 0 aliphatic rings. The third-order valence-corrected chi connectivity index (χ3v) is 2.70. The van der Waals surface area contributed by atoms with Crippen molar-refractivity contribution in [2.45, 2.75) is 25.2 Å². The zero-order chi connectivity index (χ0) is 17.5. The summed E-state index contributed by atoms with van der Waals surface area (Å²) in [6.45, 7) is -0.400. The van der Waals surface area contributed by atoms with Crippen molar-refractivity contribution in [1.29, 1.82) is 0 Å². The topological polar surface area (TPSA) is 70.6 Å². The monoisotopic (exact) mass is 338 g/mol. The van der Waals surface area contributed by atoms with Crippen molar-refractivity contribution < 1.29 is 32.2 Å². The fraction of sp³-hybridized carbons (Fsp3) is 0.500. The van der Waals surface area contributed by atoms with Gasteiger partial charge in [-0.2, -0.15) is 13.2 Å². The first kappa shape index (κ1) is 19.2. The van der Waals surface area contributed by atoms with Gasteiger partial charge in [-0.1, -0.05) is 12.1 Å². The maximum absolute atomic E-state index is 13.0. The van der Waals surface area contributed by atoms with Crippen LogP contribution in [0.3, 0.4) is 0 Å². The highest BCUT2D eigenvalue weighted by Gasteiger charge is 2.27. The molecule has 2 atom stereocenters. The second-order valence-electron chi connectivity index (χ2n) is 4.96. The number of benzene rings is 1. The Bertz CT molecular complexity index is 511. The summed E-state index contributed by atoms with van der Waals surface area (Å²) in [6, 6.07) is 3.96. The lowest BCUT2D eigenvalue weighted by atomic mass is 10.1. The van der Waals surface area contributed by atoms with Crippen molar-refractivity contribution in [3.63, 3.8) is 0 Å². The number of halogens is 4.